The topological polar surface area (TPSA) is 81.7 Å². The van der Waals surface area contributed by atoms with Crippen LogP contribution in [0.3, 0.4) is 0 Å². The molecule has 0 bridgehead atoms. The van der Waals surface area contributed by atoms with Gasteiger partial charge in [0.15, 0.2) is 6.61 Å². The first kappa shape index (κ1) is 21.8. The molecule has 0 aliphatic heterocycles. The van der Waals surface area contributed by atoms with Gasteiger partial charge in [-0.3, -0.25) is 14.9 Å². The van der Waals surface area contributed by atoms with Gasteiger partial charge in [0.25, 0.3) is 5.91 Å². The van der Waals surface area contributed by atoms with Crippen LogP contribution in [0.5, 0.6) is 5.75 Å². The van der Waals surface area contributed by atoms with Crippen LogP contribution in [0.1, 0.15) is 27.0 Å². The minimum atomic E-state index is -0.703. The van der Waals surface area contributed by atoms with Crippen LogP contribution in [0.25, 0.3) is 0 Å². The zero-order valence-corrected chi connectivity index (χ0v) is 17.2. The molecule has 0 radical (unpaired) electrons. The highest BCUT2D eigenvalue weighted by molar-refractivity contribution is 5.98. The van der Waals surface area contributed by atoms with E-state index in [0.717, 1.165) is 16.7 Å². The van der Waals surface area contributed by atoms with Crippen molar-refractivity contribution in [2.24, 2.45) is 0 Å². The molecule has 3 aromatic carbocycles. The molecular formula is C25H23NO5. The Labute approximate surface area is 180 Å². The normalized spacial score (nSPS) is 10.2. The Bertz CT molecular complexity index is 1060. The number of carbonyl (C=O) groups excluding carboxylic acids is 3. The Morgan fingerprint density at radius 2 is 1.52 bits per heavy atom. The molecule has 0 aromatic heterocycles. The SMILES string of the molecule is Cc1cccc(COc2ccccc2C(=O)OCC(=O)NC(=O)Cc2ccccc2)c1. The molecule has 1 N–H and O–H groups in total. The zero-order valence-electron chi connectivity index (χ0n) is 17.2. The predicted molar refractivity (Wildman–Crippen MR) is 116 cm³/mol. The number of benzene rings is 3. The predicted octanol–water partition coefficient (Wildman–Crippen LogP) is 3.62. The van der Waals surface area contributed by atoms with Crippen molar-refractivity contribution in [3.63, 3.8) is 0 Å². The second-order valence-electron chi connectivity index (χ2n) is 6.98. The fourth-order valence-corrected chi connectivity index (χ4v) is 2.95. The van der Waals surface area contributed by atoms with Crippen molar-refractivity contribution in [2.45, 2.75) is 20.0 Å². The Kier molecular flexibility index (Phi) is 7.54. The number of carbonyl (C=O) groups is 3. The molecule has 0 spiro atoms. The number of esters is 1. The molecule has 6 heteroatoms. The third-order valence-electron chi connectivity index (χ3n) is 4.40. The van der Waals surface area contributed by atoms with E-state index >= 15 is 0 Å². The third kappa shape index (κ3) is 6.82. The largest absolute Gasteiger partial charge is 0.488 e. The maximum Gasteiger partial charge on any atom is 0.342 e. The summed E-state index contributed by atoms with van der Waals surface area (Å²) in [7, 11) is 0. The smallest absolute Gasteiger partial charge is 0.342 e. The van der Waals surface area contributed by atoms with Gasteiger partial charge >= 0.3 is 5.97 Å². The number of nitrogens with one attached hydrogen (secondary N) is 1. The van der Waals surface area contributed by atoms with Crippen molar-refractivity contribution in [1.82, 2.24) is 5.32 Å². The summed E-state index contributed by atoms with van der Waals surface area (Å²) in [6.45, 7) is 1.72. The van der Waals surface area contributed by atoms with E-state index in [1.807, 2.05) is 49.4 Å². The van der Waals surface area contributed by atoms with Gasteiger partial charge < -0.3 is 9.47 Å². The van der Waals surface area contributed by atoms with Gasteiger partial charge in [-0.15, -0.1) is 0 Å². The van der Waals surface area contributed by atoms with Crippen molar-refractivity contribution in [3.05, 3.63) is 101 Å². The summed E-state index contributed by atoms with van der Waals surface area (Å²) in [5.41, 5.74) is 3.07. The number of rotatable bonds is 8. The van der Waals surface area contributed by atoms with E-state index in [2.05, 4.69) is 5.32 Å². The van der Waals surface area contributed by atoms with E-state index in [9.17, 15) is 14.4 Å². The standard InChI is InChI=1S/C25H23NO5/c1-18-8-7-11-20(14-18)16-30-22-13-6-5-12-21(22)25(29)31-17-24(28)26-23(27)15-19-9-3-2-4-10-19/h2-14H,15-17H2,1H3,(H,26,27,28). The lowest BCUT2D eigenvalue weighted by Crippen LogP contribution is -2.35. The van der Waals surface area contributed by atoms with Crippen molar-refractivity contribution in [1.29, 1.82) is 0 Å². The van der Waals surface area contributed by atoms with Gasteiger partial charge in [0.2, 0.25) is 5.91 Å². The van der Waals surface area contributed by atoms with Crippen LogP contribution < -0.4 is 10.1 Å². The highest BCUT2D eigenvalue weighted by Gasteiger charge is 2.16. The lowest BCUT2D eigenvalue weighted by Gasteiger charge is -2.11. The second-order valence-corrected chi connectivity index (χ2v) is 6.98. The molecule has 3 aromatic rings. The van der Waals surface area contributed by atoms with Crippen LogP contribution in [-0.4, -0.2) is 24.4 Å². The molecule has 2 amide bonds. The lowest BCUT2D eigenvalue weighted by atomic mass is 10.1. The molecular weight excluding hydrogens is 394 g/mol. The highest BCUT2D eigenvalue weighted by Crippen LogP contribution is 2.20. The first-order chi connectivity index (χ1) is 15.0. The third-order valence-corrected chi connectivity index (χ3v) is 4.40. The van der Waals surface area contributed by atoms with Crippen LogP contribution in [0.2, 0.25) is 0 Å². The summed E-state index contributed by atoms with van der Waals surface area (Å²) in [6.07, 6.45) is 0.0656. The molecule has 0 saturated heterocycles. The lowest BCUT2D eigenvalue weighted by molar-refractivity contribution is -0.132. The van der Waals surface area contributed by atoms with E-state index in [0.29, 0.717) is 12.4 Å². The molecule has 0 fully saturated rings. The van der Waals surface area contributed by atoms with Gasteiger partial charge in [0.05, 0.1) is 6.42 Å². The number of aryl methyl sites for hydroxylation is 1. The summed E-state index contributed by atoms with van der Waals surface area (Å²) >= 11 is 0. The highest BCUT2D eigenvalue weighted by atomic mass is 16.5. The van der Waals surface area contributed by atoms with Crippen molar-refractivity contribution < 1.29 is 23.9 Å². The van der Waals surface area contributed by atoms with Gasteiger partial charge in [-0.1, -0.05) is 72.3 Å². The zero-order chi connectivity index (χ0) is 22.1. The van der Waals surface area contributed by atoms with Crippen molar-refractivity contribution in [2.75, 3.05) is 6.61 Å². The average Bonchev–Trinajstić information content (AvgIpc) is 2.77. The second kappa shape index (κ2) is 10.7. The number of hydrogen-bond acceptors (Lipinski definition) is 5. The Morgan fingerprint density at radius 3 is 2.29 bits per heavy atom. The molecule has 0 unspecified atom stereocenters. The van der Waals surface area contributed by atoms with E-state index in [4.69, 9.17) is 9.47 Å². The van der Waals surface area contributed by atoms with Gasteiger partial charge in [-0.25, -0.2) is 4.79 Å². The molecule has 0 aliphatic carbocycles. The van der Waals surface area contributed by atoms with Crippen LogP contribution in [0.4, 0.5) is 0 Å². The molecule has 158 valence electrons. The van der Waals surface area contributed by atoms with Crippen LogP contribution in [-0.2, 0) is 27.4 Å². The number of amides is 2. The molecule has 3 rings (SSSR count). The molecule has 0 aliphatic rings. The monoisotopic (exact) mass is 417 g/mol. The number of para-hydroxylation sites is 1. The maximum absolute atomic E-state index is 12.4. The molecule has 0 saturated carbocycles. The van der Waals surface area contributed by atoms with E-state index in [1.54, 1.807) is 36.4 Å². The summed E-state index contributed by atoms with van der Waals surface area (Å²) < 4.78 is 10.9. The first-order valence-electron chi connectivity index (χ1n) is 9.82. The summed E-state index contributed by atoms with van der Waals surface area (Å²) in [5, 5.41) is 2.22. The Hall–Kier alpha value is -3.93. The molecule has 6 nitrogen and oxygen atoms in total. The van der Waals surface area contributed by atoms with Gasteiger partial charge in [0.1, 0.15) is 17.9 Å². The number of imide groups is 1. The average molecular weight is 417 g/mol. The minimum Gasteiger partial charge on any atom is -0.488 e. The fraction of sp³-hybridized carbons (Fsp3) is 0.160. The Morgan fingerprint density at radius 1 is 0.806 bits per heavy atom. The van der Waals surface area contributed by atoms with Crippen LogP contribution in [0.15, 0.2) is 78.9 Å². The van der Waals surface area contributed by atoms with Gasteiger partial charge in [-0.2, -0.15) is 0 Å². The van der Waals surface area contributed by atoms with E-state index in [-0.39, 0.29) is 12.0 Å². The maximum atomic E-state index is 12.4. The van der Waals surface area contributed by atoms with Crippen LogP contribution >= 0.6 is 0 Å². The summed E-state index contributed by atoms with van der Waals surface area (Å²) in [6, 6.07) is 23.6. The van der Waals surface area contributed by atoms with Crippen LogP contribution in [0, 0.1) is 6.92 Å². The fourth-order valence-electron chi connectivity index (χ4n) is 2.95. The minimum absolute atomic E-state index is 0.0656. The quantitative estimate of drug-likeness (QED) is 0.566. The summed E-state index contributed by atoms with van der Waals surface area (Å²) in [5.74, 6) is -1.50. The van der Waals surface area contributed by atoms with E-state index in [1.165, 1.54) is 0 Å². The van der Waals surface area contributed by atoms with Crippen molar-refractivity contribution in [3.8, 4) is 5.75 Å². The van der Waals surface area contributed by atoms with Gasteiger partial charge in [0, 0.05) is 0 Å². The number of ether oxygens (including phenoxy) is 2. The van der Waals surface area contributed by atoms with E-state index < -0.39 is 24.4 Å². The van der Waals surface area contributed by atoms with Gasteiger partial charge in [-0.05, 0) is 30.2 Å². The first-order valence-corrected chi connectivity index (χ1v) is 9.82. The molecule has 0 atom stereocenters. The number of hydrogen-bond donors (Lipinski definition) is 1. The molecule has 31 heavy (non-hydrogen) atoms. The summed E-state index contributed by atoms with van der Waals surface area (Å²) in [4.78, 5) is 36.4. The Balaban J connectivity index is 1.52. The molecule has 0 heterocycles. The van der Waals surface area contributed by atoms with Crippen molar-refractivity contribution >= 4 is 17.8 Å².